The molecule has 140 valence electrons. The quantitative estimate of drug-likeness (QED) is 0.620. The molecule has 10 heteroatoms. The number of aliphatic hydroxyl groups excluding tert-OH is 2. The number of anilines is 1. The second kappa shape index (κ2) is 6.99. The smallest absolute Gasteiger partial charge is 0.256 e. The summed E-state index contributed by atoms with van der Waals surface area (Å²) in [6, 6.07) is 5.12. The summed E-state index contributed by atoms with van der Waals surface area (Å²) < 4.78 is 20.2. The number of ether oxygens (including phenoxy) is 1. The molecule has 3 atom stereocenters. The van der Waals surface area contributed by atoms with Crippen molar-refractivity contribution in [2.45, 2.75) is 24.9 Å². The van der Waals surface area contributed by atoms with E-state index in [1.54, 1.807) is 4.57 Å². The van der Waals surface area contributed by atoms with Crippen LogP contribution in [0.3, 0.4) is 0 Å². The van der Waals surface area contributed by atoms with Crippen LogP contribution < -0.4 is 5.32 Å². The number of aromatic nitrogens is 4. The van der Waals surface area contributed by atoms with Gasteiger partial charge in [-0.05, 0) is 24.3 Å². The average molecular weight is 373 g/mol. The van der Waals surface area contributed by atoms with E-state index < -0.39 is 30.2 Å². The van der Waals surface area contributed by atoms with E-state index in [2.05, 4.69) is 20.3 Å². The minimum absolute atomic E-state index is 0.199. The zero-order valence-corrected chi connectivity index (χ0v) is 14.0. The summed E-state index contributed by atoms with van der Waals surface area (Å²) in [5.41, 5.74) is 1.03. The van der Waals surface area contributed by atoms with E-state index in [0.717, 1.165) is 0 Å². The summed E-state index contributed by atoms with van der Waals surface area (Å²) in [6.07, 6.45) is 1.01. The van der Waals surface area contributed by atoms with Crippen molar-refractivity contribution in [1.29, 1.82) is 0 Å². The van der Waals surface area contributed by atoms with Crippen LogP contribution in [0, 0.1) is 5.82 Å². The predicted molar refractivity (Wildman–Crippen MR) is 91.3 cm³/mol. The number of rotatable bonds is 4. The Labute approximate surface area is 152 Å². The van der Waals surface area contributed by atoms with Crippen molar-refractivity contribution in [1.82, 2.24) is 19.5 Å². The fourth-order valence-electron chi connectivity index (χ4n) is 2.99. The summed E-state index contributed by atoms with van der Waals surface area (Å²) in [5, 5.41) is 21.8. The first kappa shape index (κ1) is 17.5. The molecule has 0 radical (unpaired) electrons. The third-order valence-electron chi connectivity index (χ3n) is 4.39. The maximum Gasteiger partial charge on any atom is 0.256 e. The largest absolute Gasteiger partial charge is 0.394 e. The van der Waals surface area contributed by atoms with Gasteiger partial charge in [-0.15, -0.1) is 0 Å². The summed E-state index contributed by atoms with van der Waals surface area (Å²) in [6.45, 7) is -0.293. The van der Waals surface area contributed by atoms with Crippen molar-refractivity contribution in [3.63, 3.8) is 0 Å². The lowest BCUT2D eigenvalue weighted by Crippen LogP contribution is -2.24. The monoisotopic (exact) mass is 373 g/mol. The van der Waals surface area contributed by atoms with Crippen LogP contribution in [0.25, 0.3) is 11.2 Å². The van der Waals surface area contributed by atoms with Crippen LogP contribution in [0.1, 0.15) is 23.0 Å². The molecule has 3 unspecified atom stereocenters. The Balaban J connectivity index is 1.61. The highest BCUT2D eigenvalue weighted by molar-refractivity contribution is 6.06. The first-order valence-electron chi connectivity index (χ1n) is 8.25. The molecule has 2 aromatic heterocycles. The van der Waals surface area contributed by atoms with Gasteiger partial charge in [0, 0.05) is 12.0 Å². The lowest BCUT2D eigenvalue weighted by Gasteiger charge is -2.13. The zero-order chi connectivity index (χ0) is 19.0. The molecule has 4 rings (SSSR count). The molecule has 1 fully saturated rings. The summed E-state index contributed by atoms with van der Waals surface area (Å²) in [4.78, 5) is 24.8. The standard InChI is InChI=1S/C17H16FN5O4/c18-10-3-1-9(2-4-10)17(26)22-15-14-16(20-7-19-15)23(8-21-14)13-5-11(25)12(6-24)27-13/h1-4,7-8,11-13,24-25H,5-6H2,(H,19,20,22,26). The van der Waals surface area contributed by atoms with Crippen molar-refractivity contribution < 1.29 is 24.1 Å². The second-order valence-electron chi connectivity index (χ2n) is 6.12. The molecule has 1 aliphatic rings. The Morgan fingerprint density at radius 1 is 1.30 bits per heavy atom. The van der Waals surface area contributed by atoms with Crippen molar-refractivity contribution in [3.05, 3.63) is 48.3 Å². The van der Waals surface area contributed by atoms with Crippen LogP contribution in [0.2, 0.25) is 0 Å². The third-order valence-corrected chi connectivity index (χ3v) is 4.39. The minimum Gasteiger partial charge on any atom is -0.394 e. The maximum absolute atomic E-state index is 13.0. The molecule has 3 aromatic rings. The molecule has 1 amide bonds. The van der Waals surface area contributed by atoms with Gasteiger partial charge >= 0.3 is 0 Å². The van der Waals surface area contributed by atoms with E-state index in [4.69, 9.17) is 4.74 Å². The van der Waals surface area contributed by atoms with Crippen LogP contribution in [0.15, 0.2) is 36.9 Å². The Kier molecular flexibility index (Phi) is 4.52. The first-order chi connectivity index (χ1) is 13.1. The van der Waals surface area contributed by atoms with E-state index in [1.165, 1.54) is 36.9 Å². The molecule has 9 nitrogen and oxygen atoms in total. The number of hydrogen-bond acceptors (Lipinski definition) is 7. The van der Waals surface area contributed by atoms with Crippen molar-refractivity contribution in [3.8, 4) is 0 Å². The van der Waals surface area contributed by atoms with Crippen molar-refractivity contribution >= 4 is 22.9 Å². The number of imidazole rings is 1. The number of nitrogens with one attached hydrogen (secondary N) is 1. The number of aliphatic hydroxyl groups is 2. The number of hydrogen-bond donors (Lipinski definition) is 3. The van der Waals surface area contributed by atoms with Crippen LogP contribution >= 0.6 is 0 Å². The fraction of sp³-hybridized carbons (Fsp3) is 0.294. The molecular formula is C17H16FN5O4. The molecule has 1 saturated heterocycles. The predicted octanol–water partition coefficient (Wildman–Crippen LogP) is 0.858. The SMILES string of the molecule is O=C(Nc1ncnc2c1ncn2C1CC(O)C(CO)O1)c1ccc(F)cc1. The number of benzene rings is 1. The van der Waals surface area contributed by atoms with Gasteiger partial charge in [0.1, 0.15) is 24.5 Å². The van der Waals surface area contributed by atoms with Gasteiger partial charge in [0.2, 0.25) is 0 Å². The number of amides is 1. The van der Waals surface area contributed by atoms with Crippen LogP contribution in [0.5, 0.6) is 0 Å². The number of nitrogens with zero attached hydrogens (tertiary/aromatic N) is 4. The van der Waals surface area contributed by atoms with Gasteiger partial charge in [-0.2, -0.15) is 0 Å². The maximum atomic E-state index is 13.0. The van der Waals surface area contributed by atoms with E-state index in [1.807, 2.05) is 0 Å². The molecule has 27 heavy (non-hydrogen) atoms. The molecule has 1 aromatic carbocycles. The molecule has 3 heterocycles. The summed E-state index contributed by atoms with van der Waals surface area (Å²) >= 11 is 0. The molecular weight excluding hydrogens is 357 g/mol. The molecule has 0 spiro atoms. The number of halogens is 1. The molecule has 0 aliphatic carbocycles. The van der Waals surface area contributed by atoms with Gasteiger partial charge < -0.3 is 20.3 Å². The molecule has 0 saturated carbocycles. The van der Waals surface area contributed by atoms with E-state index >= 15 is 0 Å². The first-order valence-corrected chi connectivity index (χ1v) is 8.25. The topological polar surface area (TPSA) is 122 Å². The van der Waals surface area contributed by atoms with E-state index in [9.17, 15) is 19.4 Å². The third kappa shape index (κ3) is 3.25. The van der Waals surface area contributed by atoms with E-state index in [-0.39, 0.29) is 24.4 Å². The highest BCUT2D eigenvalue weighted by Crippen LogP contribution is 2.31. The van der Waals surface area contributed by atoms with Crippen molar-refractivity contribution in [2.75, 3.05) is 11.9 Å². The van der Waals surface area contributed by atoms with Gasteiger partial charge in [0.15, 0.2) is 17.0 Å². The van der Waals surface area contributed by atoms with Gasteiger partial charge in [0.25, 0.3) is 5.91 Å². The van der Waals surface area contributed by atoms with Gasteiger partial charge in [-0.3, -0.25) is 9.36 Å². The summed E-state index contributed by atoms with van der Waals surface area (Å²) in [5.74, 6) is -0.697. The lowest BCUT2D eigenvalue weighted by atomic mass is 10.2. The minimum atomic E-state index is -0.795. The van der Waals surface area contributed by atoms with Crippen LogP contribution in [-0.2, 0) is 4.74 Å². The molecule has 1 aliphatic heterocycles. The van der Waals surface area contributed by atoms with Crippen molar-refractivity contribution in [2.24, 2.45) is 0 Å². The van der Waals surface area contributed by atoms with Crippen LogP contribution in [0.4, 0.5) is 10.2 Å². The Hall–Kier alpha value is -2.95. The highest BCUT2D eigenvalue weighted by atomic mass is 19.1. The molecule has 3 N–H and O–H groups in total. The van der Waals surface area contributed by atoms with Crippen LogP contribution in [-0.4, -0.2) is 54.5 Å². The zero-order valence-electron chi connectivity index (χ0n) is 14.0. The Morgan fingerprint density at radius 3 is 2.78 bits per heavy atom. The number of carbonyl (C=O) groups is 1. The van der Waals surface area contributed by atoms with Gasteiger partial charge in [-0.25, -0.2) is 19.3 Å². The Morgan fingerprint density at radius 2 is 2.07 bits per heavy atom. The van der Waals surface area contributed by atoms with Gasteiger partial charge in [-0.1, -0.05) is 0 Å². The lowest BCUT2D eigenvalue weighted by molar-refractivity contribution is -0.0432. The highest BCUT2D eigenvalue weighted by Gasteiger charge is 2.35. The number of carbonyl (C=O) groups excluding carboxylic acids is 1. The number of fused-ring (bicyclic) bond motifs is 1. The fourth-order valence-corrected chi connectivity index (χ4v) is 2.99. The average Bonchev–Trinajstić information content (AvgIpc) is 3.26. The second-order valence-corrected chi connectivity index (χ2v) is 6.12. The normalized spacial score (nSPS) is 22.3. The summed E-state index contributed by atoms with van der Waals surface area (Å²) in [7, 11) is 0. The molecule has 0 bridgehead atoms. The van der Waals surface area contributed by atoms with Gasteiger partial charge in [0.05, 0.1) is 19.0 Å². The Bertz CT molecular complexity index is 977. The van der Waals surface area contributed by atoms with E-state index in [0.29, 0.717) is 11.2 Å².